The van der Waals surface area contributed by atoms with Crippen LogP contribution in [0.15, 0.2) is 4.34 Å². The minimum absolute atomic E-state index is 0.697. The normalized spacial score (nSPS) is 11.1. The monoisotopic (exact) mass is 302 g/mol. The van der Waals surface area contributed by atoms with Gasteiger partial charge >= 0.3 is 0 Å². The highest BCUT2D eigenvalue weighted by Crippen LogP contribution is 2.35. The van der Waals surface area contributed by atoms with E-state index in [4.69, 9.17) is 11.6 Å². The van der Waals surface area contributed by atoms with Gasteiger partial charge in [0.2, 0.25) is 0 Å². The van der Waals surface area contributed by atoms with Gasteiger partial charge in [-0.25, -0.2) is 0 Å². The molecule has 2 rings (SSSR count). The van der Waals surface area contributed by atoms with Gasteiger partial charge in [0, 0.05) is 12.8 Å². The van der Waals surface area contributed by atoms with Gasteiger partial charge in [-0.1, -0.05) is 48.5 Å². The number of nitrogens with zero attached hydrogens (tertiary/aromatic N) is 4. The summed E-state index contributed by atoms with van der Waals surface area (Å²) in [5.41, 5.74) is 1.78. The Hall–Kier alpha value is -0.590. The van der Waals surface area contributed by atoms with Crippen LogP contribution in [0.4, 0.5) is 0 Å². The molecule has 0 radical (unpaired) electrons. The summed E-state index contributed by atoms with van der Waals surface area (Å²) in [5, 5.41) is 14.3. The molecule has 0 N–H and O–H groups in total. The van der Waals surface area contributed by atoms with Crippen LogP contribution in [0.2, 0.25) is 5.02 Å². The lowest BCUT2D eigenvalue weighted by atomic mass is 10.3. The molecule has 0 aliphatic carbocycles. The second-order valence-electron chi connectivity index (χ2n) is 3.81. The quantitative estimate of drug-likeness (QED) is 0.791. The third-order valence-corrected chi connectivity index (χ3v) is 5.10. The fourth-order valence-electron chi connectivity index (χ4n) is 1.57. The van der Waals surface area contributed by atoms with Gasteiger partial charge in [0.25, 0.3) is 0 Å². The number of aromatic nitrogens is 4. The number of hydrogen-bond donors (Lipinski definition) is 0. The molecule has 0 saturated heterocycles. The van der Waals surface area contributed by atoms with E-state index in [0.717, 1.165) is 39.3 Å². The van der Waals surface area contributed by atoms with E-state index in [1.54, 1.807) is 27.8 Å². The zero-order chi connectivity index (χ0) is 13.1. The van der Waals surface area contributed by atoms with E-state index in [2.05, 4.69) is 22.2 Å². The first kappa shape index (κ1) is 13.8. The molecule has 98 valence electrons. The standard InChI is InChI=1S/C11H15ClN4S2/c1-4-6-17-11-14-13-10(18-11)9-8(12)7(5-2)15-16(9)3/h4-6H2,1-3H3. The zero-order valence-corrected chi connectivity index (χ0v) is 13.0. The van der Waals surface area contributed by atoms with Crippen molar-refractivity contribution in [2.24, 2.45) is 7.05 Å². The van der Waals surface area contributed by atoms with Crippen molar-refractivity contribution in [3.63, 3.8) is 0 Å². The molecule has 7 heteroatoms. The van der Waals surface area contributed by atoms with Crippen molar-refractivity contribution in [3.8, 4) is 10.7 Å². The van der Waals surface area contributed by atoms with E-state index in [0.29, 0.717) is 5.02 Å². The van der Waals surface area contributed by atoms with Crippen molar-refractivity contribution >= 4 is 34.7 Å². The lowest BCUT2D eigenvalue weighted by Crippen LogP contribution is -1.94. The van der Waals surface area contributed by atoms with Crippen LogP contribution in [0.5, 0.6) is 0 Å². The number of thioether (sulfide) groups is 1. The number of aryl methyl sites for hydroxylation is 2. The highest BCUT2D eigenvalue weighted by molar-refractivity contribution is 8.01. The van der Waals surface area contributed by atoms with E-state index in [1.165, 1.54) is 0 Å². The van der Waals surface area contributed by atoms with Gasteiger partial charge in [-0.05, 0) is 12.8 Å². The minimum atomic E-state index is 0.697. The Balaban J connectivity index is 2.31. The summed E-state index contributed by atoms with van der Waals surface area (Å²) in [6.07, 6.45) is 1.95. The van der Waals surface area contributed by atoms with Crippen LogP contribution in [0.25, 0.3) is 10.7 Å². The Morgan fingerprint density at radius 1 is 1.33 bits per heavy atom. The van der Waals surface area contributed by atoms with E-state index in [9.17, 15) is 0 Å². The van der Waals surface area contributed by atoms with Gasteiger partial charge in [-0.2, -0.15) is 5.10 Å². The average Bonchev–Trinajstić information content (AvgIpc) is 2.91. The van der Waals surface area contributed by atoms with Crippen molar-refractivity contribution in [1.82, 2.24) is 20.0 Å². The summed E-state index contributed by atoms with van der Waals surface area (Å²) < 4.78 is 2.78. The van der Waals surface area contributed by atoms with Crippen molar-refractivity contribution in [3.05, 3.63) is 10.7 Å². The molecule has 0 bridgehead atoms. The SMILES string of the molecule is CCCSc1nnc(-c2c(Cl)c(CC)nn2C)s1. The van der Waals surface area contributed by atoms with Crippen LogP contribution in [-0.2, 0) is 13.5 Å². The summed E-state index contributed by atoms with van der Waals surface area (Å²) in [6.45, 7) is 4.20. The molecule has 4 nitrogen and oxygen atoms in total. The molecule has 0 amide bonds. The van der Waals surface area contributed by atoms with Crippen molar-refractivity contribution in [2.45, 2.75) is 31.0 Å². The van der Waals surface area contributed by atoms with Crippen LogP contribution in [0.3, 0.4) is 0 Å². The van der Waals surface area contributed by atoms with Gasteiger partial charge in [-0.15, -0.1) is 10.2 Å². The molecule has 0 atom stereocenters. The predicted octanol–water partition coefficient (Wildman–Crippen LogP) is 3.66. The van der Waals surface area contributed by atoms with Gasteiger partial charge in [0.15, 0.2) is 9.35 Å². The van der Waals surface area contributed by atoms with E-state index in [1.807, 2.05) is 14.0 Å². The number of hydrogen-bond acceptors (Lipinski definition) is 5. The van der Waals surface area contributed by atoms with Crippen LogP contribution < -0.4 is 0 Å². The summed E-state index contributed by atoms with van der Waals surface area (Å²) in [4.78, 5) is 0. The molecule has 2 aromatic rings. The molecule has 0 aliphatic rings. The Kier molecular flexibility index (Phi) is 4.64. The summed E-state index contributed by atoms with van der Waals surface area (Å²) in [6, 6.07) is 0. The molecular weight excluding hydrogens is 288 g/mol. The number of rotatable bonds is 5. The van der Waals surface area contributed by atoms with E-state index < -0.39 is 0 Å². The molecule has 18 heavy (non-hydrogen) atoms. The maximum atomic E-state index is 6.33. The Morgan fingerprint density at radius 3 is 2.72 bits per heavy atom. The van der Waals surface area contributed by atoms with Gasteiger partial charge in [0.05, 0.1) is 10.7 Å². The smallest absolute Gasteiger partial charge is 0.174 e. The summed E-state index contributed by atoms with van der Waals surface area (Å²) in [7, 11) is 1.89. The van der Waals surface area contributed by atoms with Crippen LogP contribution in [0.1, 0.15) is 26.0 Å². The molecular formula is C11H15ClN4S2. The van der Waals surface area contributed by atoms with Gasteiger partial charge in [0.1, 0.15) is 5.69 Å². The maximum absolute atomic E-state index is 6.33. The first-order valence-electron chi connectivity index (χ1n) is 5.85. The van der Waals surface area contributed by atoms with Crippen LogP contribution in [0, 0.1) is 0 Å². The van der Waals surface area contributed by atoms with Crippen LogP contribution >= 0.6 is 34.7 Å². The predicted molar refractivity (Wildman–Crippen MR) is 77.5 cm³/mol. The second-order valence-corrected chi connectivity index (χ2v) is 6.51. The van der Waals surface area contributed by atoms with Crippen LogP contribution in [-0.4, -0.2) is 25.7 Å². The van der Waals surface area contributed by atoms with Crippen molar-refractivity contribution in [2.75, 3.05) is 5.75 Å². The number of halogens is 1. The Labute approximate surface area is 120 Å². The largest absolute Gasteiger partial charge is 0.264 e. The van der Waals surface area contributed by atoms with Crippen molar-refractivity contribution in [1.29, 1.82) is 0 Å². The third kappa shape index (κ3) is 2.70. The van der Waals surface area contributed by atoms with Gasteiger partial charge < -0.3 is 0 Å². The summed E-state index contributed by atoms with van der Waals surface area (Å²) >= 11 is 9.63. The molecule has 2 aromatic heterocycles. The van der Waals surface area contributed by atoms with Crippen molar-refractivity contribution < 1.29 is 0 Å². The Bertz CT molecular complexity index is 535. The molecule has 0 fully saturated rings. The first-order chi connectivity index (χ1) is 8.67. The summed E-state index contributed by atoms with van der Waals surface area (Å²) in [5.74, 6) is 1.06. The minimum Gasteiger partial charge on any atom is -0.264 e. The molecule has 0 aliphatic heterocycles. The lowest BCUT2D eigenvalue weighted by Gasteiger charge is -1.95. The molecule has 2 heterocycles. The topological polar surface area (TPSA) is 43.6 Å². The zero-order valence-electron chi connectivity index (χ0n) is 10.6. The maximum Gasteiger partial charge on any atom is 0.174 e. The fraction of sp³-hybridized carbons (Fsp3) is 0.545. The molecule has 0 aromatic carbocycles. The molecule has 0 saturated carbocycles. The van der Waals surface area contributed by atoms with Gasteiger partial charge in [-0.3, -0.25) is 4.68 Å². The van der Waals surface area contributed by atoms with E-state index in [-0.39, 0.29) is 0 Å². The van der Waals surface area contributed by atoms with E-state index >= 15 is 0 Å². The Morgan fingerprint density at radius 2 is 2.11 bits per heavy atom. The first-order valence-corrected chi connectivity index (χ1v) is 8.03. The highest BCUT2D eigenvalue weighted by Gasteiger charge is 2.18. The average molecular weight is 303 g/mol. The molecule has 0 unspecified atom stereocenters. The second kappa shape index (κ2) is 6.04. The lowest BCUT2D eigenvalue weighted by molar-refractivity contribution is 0.751. The fourth-order valence-corrected chi connectivity index (χ4v) is 3.86. The molecule has 0 spiro atoms. The highest BCUT2D eigenvalue weighted by atomic mass is 35.5. The third-order valence-electron chi connectivity index (χ3n) is 2.43.